The molecule has 0 atom stereocenters. The van der Waals surface area contributed by atoms with Crippen molar-refractivity contribution in [2.75, 3.05) is 17.7 Å². The standard InChI is InChI=1S/C31H27BrN4O3S2/c1-4-39-30(38)28-25(17-26(41-28)21-11-13-23(32)14-12-21)33-27(37)18-40-31-35-34-29(22-8-6-5-7-9-22)36(31)24-15-10-19(2)20(3)16-24/h5-17H,4,18H2,1-3H3,(H,33,37). The largest absolute Gasteiger partial charge is 0.462 e. The van der Waals surface area contributed by atoms with E-state index in [1.807, 2.05) is 71.3 Å². The van der Waals surface area contributed by atoms with Crippen molar-refractivity contribution in [3.05, 3.63) is 99.3 Å². The van der Waals surface area contributed by atoms with Gasteiger partial charge in [0, 0.05) is 14.9 Å². The molecule has 7 nitrogen and oxygen atoms in total. The molecule has 41 heavy (non-hydrogen) atoms. The molecule has 2 aromatic heterocycles. The Balaban J connectivity index is 1.40. The summed E-state index contributed by atoms with van der Waals surface area (Å²) >= 11 is 6.02. The lowest BCUT2D eigenvalue weighted by atomic mass is 10.1. The maximum Gasteiger partial charge on any atom is 0.350 e. The van der Waals surface area contributed by atoms with Crippen molar-refractivity contribution in [1.29, 1.82) is 0 Å². The Hall–Kier alpha value is -3.73. The van der Waals surface area contributed by atoms with Crippen molar-refractivity contribution >= 4 is 56.6 Å². The smallest absolute Gasteiger partial charge is 0.350 e. The highest BCUT2D eigenvalue weighted by Gasteiger charge is 2.22. The second-order valence-electron chi connectivity index (χ2n) is 9.19. The van der Waals surface area contributed by atoms with Crippen molar-refractivity contribution in [2.45, 2.75) is 25.9 Å². The van der Waals surface area contributed by atoms with Crippen molar-refractivity contribution in [1.82, 2.24) is 14.8 Å². The Morgan fingerprint density at radius 3 is 2.41 bits per heavy atom. The number of nitrogens with one attached hydrogen (secondary N) is 1. The van der Waals surface area contributed by atoms with Gasteiger partial charge in [0.15, 0.2) is 11.0 Å². The molecule has 0 bridgehead atoms. The summed E-state index contributed by atoms with van der Waals surface area (Å²) in [7, 11) is 0. The molecular formula is C31H27BrN4O3S2. The topological polar surface area (TPSA) is 86.1 Å². The fourth-order valence-electron chi connectivity index (χ4n) is 4.14. The van der Waals surface area contributed by atoms with Crippen LogP contribution in [0.3, 0.4) is 0 Å². The number of thiophene rings is 1. The van der Waals surface area contributed by atoms with E-state index in [4.69, 9.17) is 4.74 Å². The van der Waals surface area contributed by atoms with Gasteiger partial charge in [0.05, 0.1) is 23.7 Å². The maximum atomic E-state index is 13.2. The van der Waals surface area contributed by atoms with E-state index >= 15 is 0 Å². The molecular weight excluding hydrogens is 620 g/mol. The first-order valence-electron chi connectivity index (χ1n) is 12.9. The van der Waals surface area contributed by atoms with Crippen LogP contribution in [0.15, 0.2) is 88.5 Å². The van der Waals surface area contributed by atoms with E-state index < -0.39 is 5.97 Å². The van der Waals surface area contributed by atoms with Crippen LogP contribution in [0, 0.1) is 13.8 Å². The summed E-state index contributed by atoms with van der Waals surface area (Å²) in [6.07, 6.45) is 0. The van der Waals surface area contributed by atoms with Gasteiger partial charge in [-0.3, -0.25) is 9.36 Å². The van der Waals surface area contributed by atoms with Crippen LogP contribution in [0.5, 0.6) is 0 Å². The van der Waals surface area contributed by atoms with E-state index in [1.54, 1.807) is 6.92 Å². The summed E-state index contributed by atoms with van der Waals surface area (Å²) < 4.78 is 8.19. The lowest BCUT2D eigenvalue weighted by Crippen LogP contribution is -2.16. The predicted octanol–water partition coefficient (Wildman–Crippen LogP) is 7.95. The molecule has 0 unspecified atom stereocenters. The normalized spacial score (nSPS) is 10.9. The molecule has 0 fully saturated rings. The zero-order valence-electron chi connectivity index (χ0n) is 22.7. The quantitative estimate of drug-likeness (QED) is 0.129. The van der Waals surface area contributed by atoms with Gasteiger partial charge in [-0.1, -0.05) is 76.2 Å². The molecule has 3 aromatic carbocycles. The molecule has 5 aromatic rings. The minimum absolute atomic E-state index is 0.0729. The number of aromatic nitrogens is 3. The number of halogens is 1. The zero-order valence-corrected chi connectivity index (χ0v) is 25.9. The van der Waals surface area contributed by atoms with E-state index in [1.165, 1.54) is 28.7 Å². The Labute approximate surface area is 255 Å². The van der Waals surface area contributed by atoms with Crippen molar-refractivity contribution in [3.8, 4) is 27.5 Å². The number of thioether (sulfide) groups is 1. The Kier molecular flexibility index (Phi) is 9.02. The fraction of sp³-hybridized carbons (Fsp3) is 0.161. The molecule has 1 amide bonds. The molecule has 208 valence electrons. The van der Waals surface area contributed by atoms with Crippen LogP contribution in [0.1, 0.15) is 27.7 Å². The Bertz CT molecular complexity index is 1700. The number of carbonyl (C=O) groups is 2. The number of nitrogens with zero attached hydrogens (tertiary/aromatic N) is 3. The predicted molar refractivity (Wildman–Crippen MR) is 169 cm³/mol. The lowest BCUT2D eigenvalue weighted by Gasteiger charge is -2.12. The average Bonchev–Trinajstić information content (AvgIpc) is 3.59. The van der Waals surface area contributed by atoms with Crippen LogP contribution < -0.4 is 5.32 Å². The summed E-state index contributed by atoms with van der Waals surface area (Å²) in [4.78, 5) is 27.1. The van der Waals surface area contributed by atoms with Crippen LogP contribution >= 0.6 is 39.0 Å². The minimum atomic E-state index is -0.467. The number of ether oxygens (including phenoxy) is 1. The highest BCUT2D eigenvalue weighted by atomic mass is 79.9. The lowest BCUT2D eigenvalue weighted by molar-refractivity contribution is -0.113. The van der Waals surface area contributed by atoms with Gasteiger partial charge in [-0.2, -0.15) is 0 Å². The molecule has 0 aliphatic rings. The third kappa shape index (κ3) is 6.61. The van der Waals surface area contributed by atoms with Gasteiger partial charge in [-0.05, 0) is 67.8 Å². The van der Waals surface area contributed by atoms with Crippen LogP contribution in [0.2, 0.25) is 0 Å². The number of aryl methyl sites for hydroxylation is 2. The molecule has 0 radical (unpaired) electrons. The number of amides is 1. The summed E-state index contributed by atoms with van der Waals surface area (Å²) in [5.41, 5.74) is 5.54. The molecule has 0 spiro atoms. The molecule has 10 heteroatoms. The minimum Gasteiger partial charge on any atom is -0.462 e. The highest BCUT2D eigenvalue weighted by Crippen LogP contribution is 2.36. The SMILES string of the molecule is CCOC(=O)c1sc(-c2ccc(Br)cc2)cc1NC(=O)CSc1nnc(-c2ccccc2)n1-c1ccc(C)c(C)c1. The van der Waals surface area contributed by atoms with E-state index in [0.717, 1.165) is 31.7 Å². The summed E-state index contributed by atoms with van der Waals surface area (Å²) in [5.74, 6) is 0.0319. The Morgan fingerprint density at radius 2 is 1.71 bits per heavy atom. The molecule has 5 rings (SSSR count). The van der Waals surface area contributed by atoms with Crippen molar-refractivity contribution in [3.63, 3.8) is 0 Å². The van der Waals surface area contributed by atoms with E-state index in [2.05, 4.69) is 57.4 Å². The third-order valence-corrected chi connectivity index (χ3v) is 8.96. The maximum absolute atomic E-state index is 13.2. The number of carbonyl (C=O) groups excluding carboxylic acids is 2. The molecule has 1 N–H and O–H groups in total. The highest BCUT2D eigenvalue weighted by molar-refractivity contribution is 9.10. The van der Waals surface area contributed by atoms with E-state index in [9.17, 15) is 9.59 Å². The second kappa shape index (κ2) is 12.8. The molecule has 0 aliphatic heterocycles. The second-order valence-corrected chi connectivity index (χ2v) is 12.1. The first kappa shape index (κ1) is 28.8. The first-order chi connectivity index (χ1) is 19.8. The average molecular weight is 648 g/mol. The number of hydrogen-bond acceptors (Lipinski definition) is 7. The van der Waals surface area contributed by atoms with Crippen LogP contribution in [-0.4, -0.2) is 39.0 Å². The summed E-state index contributed by atoms with van der Waals surface area (Å²) in [5, 5.41) is 12.4. The number of anilines is 1. The molecule has 0 saturated carbocycles. The van der Waals surface area contributed by atoms with Crippen LogP contribution in [-0.2, 0) is 9.53 Å². The van der Waals surface area contributed by atoms with Gasteiger partial charge in [-0.25, -0.2) is 4.79 Å². The van der Waals surface area contributed by atoms with E-state index in [0.29, 0.717) is 21.5 Å². The van der Waals surface area contributed by atoms with Gasteiger partial charge in [0.1, 0.15) is 4.88 Å². The summed E-state index contributed by atoms with van der Waals surface area (Å²) in [6.45, 7) is 6.13. The van der Waals surface area contributed by atoms with Crippen molar-refractivity contribution in [2.24, 2.45) is 0 Å². The van der Waals surface area contributed by atoms with Crippen LogP contribution in [0.25, 0.3) is 27.5 Å². The first-order valence-corrected chi connectivity index (χ1v) is 15.5. The van der Waals surface area contributed by atoms with Gasteiger partial charge in [0.2, 0.25) is 5.91 Å². The Morgan fingerprint density at radius 1 is 0.951 bits per heavy atom. The molecule has 0 aliphatic carbocycles. The van der Waals surface area contributed by atoms with Gasteiger partial charge in [0.25, 0.3) is 0 Å². The fourth-order valence-corrected chi connectivity index (χ4v) is 6.17. The third-order valence-electron chi connectivity index (χ3n) is 6.34. The van der Waals surface area contributed by atoms with Crippen molar-refractivity contribution < 1.29 is 14.3 Å². The summed E-state index contributed by atoms with van der Waals surface area (Å²) in [6, 6.07) is 25.6. The number of benzene rings is 3. The number of esters is 1. The van der Waals surface area contributed by atoms with E-state index in [-0.39, 0.29) is 18.3 Å². The van der Waals surface area contributed by atoms with Gasteiger partial charge in [-0.15, -0.1) is 21.5 Å². The number of rotatable bonds is 9. The van der Waals surface area contributed by atoms with Gasteiger partial charge < -0.3 is 10.1 Å². The monoisotopic (exact) mass is 646 g/mol. The van der Waals surface area contributed by atoms with Crippen LogP contribution in [0.4, 0.5) is 5.69 Å². The number of hydrogen-bond donors (Lipinski definition) is 1. The molecule has 0 saturated heterocycles. The zero-order chi connectivity index (χ0) is 28.9. The van der Waals surface area contributed by atoms with Gasteiger partial charge >= 0.3 is 5.97 Å². The molecule has 2 heterocycles.